The second kappa shape index (κ2) is 4.63. The summed E-state index contributed by atoms with van der Waals surface area (Å²) >= 11 is 0. The summed E-state index contributed by atoms with van der Waals surface area (Å²) in [5.41, 5.74) is 0. The van der Waals surface area contributed by atoms with Crippen LogP contribution in [0.25, 0.3) is 0 Å². The molecule has 3 heteroatoms. The summed E-state index contributed by atoms with van der Waals surface area (Å²) in [5.74, 6) is -0.187. The first-order valence-corrected chi connectivity index (χ1v) is 6.90. The third-order valence-corrected chi connectivity index (χ3v) is 4.39. The highest BCUT2D eigenvalue weighted by Crippen LogP contribution is 2.36. The maximum Gasteiger partial charge on any atom is 0.168 e. The molecule has 3 fully saturated rings. The van der Waals surface area contributed by atoms with E-state index in [1.54, 1.807) is 0 Å². The fourth-order valence-corrected chi connectivity index (χ4v) is 3.44. The maximum absolute atomic E-state index is 5.75. The van der Waals surface area contributed by atoms with Crippen molar-refractivity contribution in [3.05, 3.63) is 0 Å². The van der Waals surface area contributed by atoms with Gasteiger partial charge < -0.3 is 14.8 Å². The summed E-state index contributed by atoms with van der Waals surface area (Å²) in [6.07, 6.45) is 10.2. The molecule has 1 spiro atoms. The van der Waals surface area contributed by atoms with Crippen LogP contribution in [0.2, 0.25) is 0 Å². The lowest BCUT2D eigenvalue weighted by Gasteiger charge is -2.36. The predicted molar refractivity (Wildman–Crippen MR) is 62.3 cm³/mol. The molecule has 1 aliphatic heterocycles. The van der Waals surface area contributed by atoms with E-state index in [0.29, 0.717) is 6.04 Å². The van der Waals surface area contributed by atoms with Crippen LogP contribution < -0.4 is 5.32 Å². The van der Waals surface area contributed by atoms with Crippen LogP contribution in [0.3, 0.4) is 0 Å². The fraction of sp³-hybridized carbons (Fsp3) is 1.00. The van der Waals surface area contributed by atoms with Crippen LogP contribution in [-0.4, -0.2) is 31.1 Å². The van der Waals surface area contributed by atoms with E-state index in [1.807, 2.05) is 0 Å². The summed E-state index contributed by atoms with van der Waals surface area (Å²) in [6, 6.07) is 1.51. The molecule has 0 unspecified atom stereocenters. The van der Waals surface area contributed by atoms with Crippen molar-refractivity contribution in [3.63, 3.8) is 0 Å². The van der Waals surface area contributed by atoms with Gasteiger partial charge in [0, 0.05) is 24.9 Å². The average molecular weight is 225 g/mol. The zero-order chi connectivity index (χ0) is 10.8. The molecule has 0 radical (unpaired) electrons. The van der Waals surface area contributed by atoms with Gasteiger partial charge in [0.15, 0.2) is 5.79 Å². The monoisotopic (exact) mass is 225 g/mol. The first-order valence-electron chi connectivity index (χ1n) is 6.90. The molecule has 92 valence electrons. The van der Waals surface area contributed by atoms with Gasteiger partial charge in [-0.25, -0.2) is 0 Å². The number of hydrogen-bond donors (Lipinski definition) is 1. The molecule has 1 heterocycles. The van der Waals surface area contributed by atoms with Gasteiger partial charge in [-0.3, -0.25) is 0 Å². The Bertz CT molecular complexity index is 222. The van der Waals surface area contributed by atoms with Gasteiger partial charge in [-0.05, 0) is 25.7 Å². The summed E-state index contributed by atoms with van der Waals surface area (Å²) in [5, 5.41) is 3.81. The summed E-state index contributed by atoms with van der Waals surface area (Å²) < 4.78 is 11.5. The van der Waals surface area contributed by atoms with E-state index in [4.69, 9.17) is 9.47 Å². The normalized spacial score (nSPS) is 31.5. The van der Waals surface area contributed by atoms with E-state index in [1.165, 1.54) is 38.5 Å². The van der Waals surface area contributed by atoms with Gasteiger partial charge in [0.2, 0.25) is 0 Å². The van der Waals surface area contributed by atoms with E-state index in [0.717, 1.165) is 32.1 Å². The predicted octanol–water partition coefficient (Wildman–Crippen LogP) is 2.20. The molecule has 2 saturated carbocycles. The first-order chi connectivity index (χ1) is 7.86. The number of rotatable bonds is 2. The van der Waals surface area contributed by atoms with Crippen molar-refractivity contribution >= 4 is 0 Å². The molecule has 3 nitrogen and oxygen atoms in total. The standard InChI is InChI=1S/C13H23NO2/c1-2-4-11(3-1)14-12-5-7-13(8-6-12)15-9-10-16-13/h11-12,14H,1-10H2. The topological polar surface area (TPSA) is 30.5 Å². The lowest BCUT2D eigenvalue weighted by molar-refractivity contribution is -0.179. The highest BCUT2D eigenvalue weighted by molar-refractivity contribution is 4.87. The van der Waals surface area contributed by atoms with Crippen LogP contribution >= 0.6 is 0 Å². The molecule has 0 aromatic carbocycles. The quantitative estimate of drug-likeness (QED) is 0.781. The van der Waals surface area contributed by atoms with Gasteiger partial charge in [-0.1, -0.05) is 12.8 Å². The van der Waals surface area contributed by atoms with Crippen molar-refractivity contribution in [2.45, 2.75) is 69.2 Å². The molecule has 1 saturated heterocycles. The van der Waals surface area contributed by atoms with E-state index in [2.05, 4.69) is 5.32 Å². The third-order valence-electron chi connectivity index (χ3n) is 4.39. The van der Waals surface area contributed by atoms with Gasteiger partial charge in [-0.2, -0.15) is 0 Å². The Morgan fingerprint density at radius 3 is 2.00 bits per heavy atom. The Hall–Kier alpha value is -0.120. The van der Waals surface area contributed by atoms with Crippen LogP contribution in [-0.2, 0) is 9.47 Å². The summed E-state index contributed by atoms with van der Waals surface area (Å²) in [7, 11) is 0. The Morgan fingerprint density at radius 2 is 1.38 bits per heavy atom. The van der Waals surface area contributed by atoms with Crippen LogP contribution in [0, 0.1) is 0 Å². The molecule has 0 aromatic heterocycles. The smallest absolute Gasteiger partial charge is 0.168 e. The molecule has 3 rings (SSSR count). The maximum atomic E-state index is 5.75. The van der Waals surface area contributed by atoms with Crippen LogP contribution in [0.15, 0.2) is 0 Å². The SMILES string of the molecule is C1CCC(NC2CCC3(CC2)OCCO3)C1. The van der Waals surface area contributed by atoms with Crippen LogP contribution in [0.5, 0.6) is 0 Å². The van der Waals surface area contributed by atoms with Crippen molar-refractivity contribution in [1.29, 1.82) is 0 Å². The lowest BCUT2D eigenvalue weighted by Crippen LogP contribution is -2.44. The largest absolute Gasteiger partial charge is 0.348 e. The molecule has 0 aromatic rings. The molecular formula is C13H23NO2. The van der Waals surface area contributed by atoms with Gasteiger partial charge in [0.1, 0.15) is 0 Å². The summed E-state index contributed by atoms with van der Waals surface area (Å²) in [4.78, 5) is 0. The minimum Gasteiger partial charge on any atom is -0.348 e. The van der Waals surface area contributed by atoms with Crippen molar-refractivity contribution in [1.82, 2.24) is 5.32 Å². The van der Waals surface area contributed by atoms with Crippen molar-refractivity contribution in [3.8, 4) is 0 Å². The van der Waals surface area contributed by atoms with Crippen molar-refractivity contribution in [2.75, 3.05) is 13.2 Å². The van der Waals surface area contributed by atoms with E-state index in [9.17, 15) is 0 Å². The fourth-order valence-electron chi connectivity index (χ4n) is 3.44. The van der Waals surface area contributed by atoms with Gasteiger partial charge in [0.05, 0.1) is 13.2 Å². The number of nitrogens with one attached hydrogen (secondary N) is 1. The molecule has 16 heavy (non-hydrogen) atoms. The molecule has 1 N–H and O–H groups in total. The minimum absolute atomic E-state index is 0.187. The lowest BCUT2D eigenvalue weighted by atomic mass is 9.89. The molecule has 3 aliphatic rings. The molecular weight excluding hydrogens is 202 g/mol. The average Bonchev–Trinajstić information content (AvgIpc) is 2.94. The molecule has 0 bridgehead atoms. The van der Waals surface area contributed by atoms with E-state index in [-0.39, 0.29) is 5.79 Å². The number of hydrogen-bond acceptors (Lipinski definition) is 3. The highest BCUT2D eigenvalue weighted by Gasteiger charge is 2.40. The second-order valence-corrected chi connectivity index (χ2v) is 5.53. The third kappa shape index (κ3) is 2.27. The number of ether oxygens (including phenoxy) is 2. The van der Waals surface area contributed by atoms with Gasteiger partial charge >= 0.3 is 0 Å². The first kappa shape index (κ1) is 11.0. The zero-order valence-electron chi connectivity index (χ0n) is 10.0. The van der Waals surface area contributed by atoms with E-state index < -0.39 is 0 Å². The Kier molecular flexibility index (Phi) is 3.18. The second-order valence-electron chi connectivity index (χ2n) is 5.53. The van der Waals surface area contributed by atoms with Crippen LogP contribution in [0.1, 0.15) is 51.4 Å². The van der Waals surface area contributed by atoms with Gasteiger partial charge in [0.25, 0.3) is 0 Å². The zero-order valence-corrected chi connectivity index (χ0v) is 10.0. The Labute approximate surface area is 97.9 Å². The molecule has 0 amide bonds. The van der Waals surface area contributed by atoms with Crippen molar-refractivity contribution in [2.24, 2.45) is 0 Å². The Balaban J connectivity index is 1.46. The van der Waals surface area contributed by atoms with E-state index >= 15 is 0 Å². The molecule has 0 atom stereocenters. The highest BCUT2D eigenvalue weighted by atomic mass is 16.7. The minimum atomic E-state index is -0.187. The Morgan fingerprint density at radius 1 is 0.812 bits per heavy atom. The van der Waals surface area contributed by atoms with Crippen LogP contribution in [0.4, 0.5) is 0 Å². The molecule has 2 aliphatic carbocycles. The van der Waals surface area contributed by atoms with Crippen molar-refractivity contribution < 1.29 is 9.47 Å². The summed E-state index contributed by atoms with van der Waals surface area (Å²) in [6.45, 7) is 1.58. The van der Waals surface area contributed by atoms with Gasteiger partial charge in [-0.15, -0.1) is 0 Å².